The Balaban J connectivity index is 1.99. The lowest BCUT2D eigenvalue weighted by molar-refractivity contribution is -0.137. The van der Waals surface area contributed by atoms with Gasteiger partial charge in [0.1, 0.15) is 5.75 Å². The normalized spacial score (nSPS) is 13.5. The molecule has 26 heavy (non-hydrogen) atoms. The smallest absolute Gasteiger partial charge is 0.416 e. The summed E-state index contributed by atoms with van der Waals surface area (Å²) in [5.41, 5.74) is 1.16. The van der Waals surface area contributed by atoms with Gasteiger partial charge in [-0.25, -0.2) is 4.39 Å². The van der Waals surface area contributed by atoms with Crippen LogP contribution in [0.2, 0.25) is 5.02 Å². The molecule has 0 aliphatic carbocycles. The SMILES string of the molecule is CC(C)=C1C(=O)Nc2ccc(Oc3c(F)cc(C(F)(F)F)cc3Cl)cc21. The third-order valence-electron chi connectivity index (χ3n) is 3.78. The highest BCUT2D eigenvalue weighted by atomic mass is 35.5. The van der Waals surface area contributed by atoms with Gasteiger partial charge >= 0.3 is 6.18 Å². The summed E-state index contributed by atoms with van der Waals surface area (Å²) in [5, 5.41) is 2.18. The summed E-state index contributed by atoms with van der Waals surface area (Å²) in [4.78, 5) is 12.0. The van der Waals surface area contributed by atoms with Crippen molar-refractivity contribution >= 4 is 28.8 Å². The molecule has 136 valence electrons. The number of hydrogen-bond acceptors (Lipinski definition) is 2. The third-order valence-corrected chi connectivity index (χ3v) is 4.06. The van der Waals surface area contributed by atoms with E-state index in [2.05, 4.69) is 5.32 Å². The summed E-state index contributed by atoms with van der Waals surface area (Å²) in [7, 11) is 0. The molecule has 0 fully saturated rings. The summed E-state index contributed by atoms with van der Waals surface area (Å²) >= 11 is 5.77. The predicted molar refractivity (Wildman–Crippen MR) is 89.8 cm³/mol. The lowest BCUT2D eigenvalue weighted by Crippen LogP contribution is -2.06. The van der Waals surface area contributed by atoms with Gasteiger partial charge < -0.3 is 10.1 Å². The minimum atomic E-state index is -4.72. The fourth-order valence-electron chi connectivity index (χ4n) is 2.65. The molecule has 1 heterocycles. The Kier molecular flexibility index (Phi) is 4.44. The van der Waals surface area contributed by atoms with E-state index in [-0.39, 0.29) is 11.7 Å². The van der Waals surface area contributed by atoms with Crippen molar-refractivity contribution in [3.63, 3.8) is 0 Å². The number of fused-ring (bicyclic) bond motifs is 1. The lowest BCUT2D eigenvalue weighted by Gasteiger charge is -2.13. The molecule has 2 aromatic carbocycles. The zero-order valence-corrected chi connectivity index (χ0v) is 14.3. The van der Waals surface area contributed by atoms with Crippen molar-refractivity contribution < 1.29 is 27.1 Å². The van der Waals surface area contributed by atoms with Crippen LogP contribution in [-0.2, 0) is 11.0 Å². The van der Waals surface area contributed by atoms with Gasteiger partial charge in [-0.2, -0.15) is 13.2 Å². The zero-order valence-electron chi connectivity index (χ0n) is 13.6. The number of alkyl halides is 3. The molecule has 3 rings (SSSR count). The van der Waals surface area contributed by atoms with Crippen molar-refractivity contribution in [2.24, 2.45) is 0 Å². The molecule has 0 radical (unpaired) electrons. The van der Waals surface area contributed by atoms with Crippen molar-refractivity contribution in [1.29, 1.82) is 0 Å². The van der Waals surface area contributed by atoms with E-state index >= 15 is 0 Å². The van der Waals surface area contributed by atoms with E-state index in [1.54, 1.807) is 19.9 Å². The number of amides is 1. The van der Waals surface area contributed by atoms with Crippen LogP contribution in [0.15, 0.2) is 35.9 Å². The number of benzene rings is 2. The first-order valence-electron chi connectivity index (χ1n) is 7.45. The van der Waals surface area contributed by atoms with E-state index in [4.69, 9.17) is 16.3 Å². The molecule has 0 atom stereocenters. The second-order valence-corrected chi connectivity index (χ2v) is 6.31. The van der Waals surface area contributed by atoms with Gasteiger partial charge in [0.15, 0.2) is 11.6 Å². The molecule has 0 saturated heterocycles. The maximum atomic E-state index is 14.1. The molecule has 0 aromatic heterocycles. The Hall–Kier alpha value is -2.54. The largest absolute Gasteiger partial charge is 0.453 e. The number of carbonyl (C=O) groups is 1. The molecule has 1 aliphatic rings. The maximum absolute atomic E-state index is 14.1. The average molecular weight is 386 g/mol. The molecule has 1 aliphatic heterocycles. The number of halogens is 5. The van der Waals surface area contributed by atoms with Crippen molar-refractivity contribution in [3.8, 4) is 11.5 Å². The summed E-state index contributed by atoms with van der Waals surface area (Å²) < 4.78 is 57.5. The molecule has 2 aromatic rings. The number of rotatable bonds is 2. The Morgan fingerprint density at radius 3 is 2.42 bits per heavy atom. The van der Waals surface area contributed by atoms with Crippen LogP contribution >= 0.6 is 11.6 Å². The van der Waals surface area contributed by atoms with Gasteiger partial charge in [0.25, 0.3) is 5.91 Å². The number of ether oxygens (including phenoxy) is 1. The highest BCUT2D eigenvalue weighted by molar-refractivity contribution is 6.32. The number of hydrogen-bond donors (Lipinski definition) is 1. The number of anilines is 1. The van der Waals surface area contributed by atoms with Gasteiger partial charge in [-0.05, 0) is 44.2 Å². The van der Waals surface area contributed by atoms with Gasteiger partial charge in [-0.3, -0.25) is 4.79 Å². The average Bonchev–Trinajstić information content (AvgIpc) is 2.84. The van der Waals surface area contributed by atoms with Crippen LogP contribution in [0.25, 0.3) is 5.57 Å². The van der Waals surface area contributed by atoms with Crippen molar-refractivity contribution in [1.82, 2.24) is 0 Å². The monoisotopic (exact) mass is 385 g/mol. The quantitative estimate of drug-likeness (QED) is 0.506. The molecule has 0 bridgehead atoms. The van der Waals surface area contributed by atoms with E-state index in [0.29, 0.717) is 29.0 Å². The van der Waals surface area contributed by atoms with E-state index < -0.39 is 28.3 Å². The molecule has 3 nitrogen and oxygen atoms in total. The van der Waals surface area contributed by atoms with Crippen molar-refractivity contribution in [3.05, 3.63) is 57.9 Å². The van der Waals surface area contributed by atoms with Gasteiger partial charge in [-0.15, -0.1) is 0 Å². The third kappa shape index (κ3) is 3.26. The number of carbonyl (C=O) groups excluding carboxylic acids is 1. The van der Waals surface area contributed by atoms with Crippen LogP contribution in [0, 0.1) is 5.82 Å². The molecular weight excluding hydrogens is 374 g/mol. The van der Waals surface area contributed by atoms with Crippen LogP contribution < -0.4 is 10.1 Å². The minimum absolute atomic E-state index is 0.138. The number of allylic oxidation sites excluding steroid dienone is 1. The van der Waals surface area contributed by atoms with Crippen molar-refractivity contribution in [2.75, 3.05) is 5.32 Å². The van der Waals surface area contributed by atoms with E-state index in [9.17, 15) is 22.4 Å². The van der Waals surface area contributed by atoms with E-state index in [1.807, 2.05) is 0 Å². The standard InChI is InChI=1S/C18H12ClF4NO2/c1-8(2)15-11-7-10(3-4-14(11)24-17(15)25)26-16-12(19)5-9(6-13(16)20)18(21,22)23/h3-7H,1-2H3,(H,24,25). The molecule has 1 N–H and O–H groups in total. The van der Waals surface area contributed by atoms with E-state index in [1.165, 1.54) is 12.1 Å². The summed E-state index contributed by atoms with van der Waals surface area (Å²) in [6, 6.07) is 5.44. The van der Waals surface area contributed by atoms with Crippen molar-refractivity contribution in [2.45, 2.75) is 20.0 Å². The van der Waals surface area contributed by atoms with Crippen LogP contribution in [0.3, 0.4) is 0 Å². The Morgan fingerprint density at radius 2 is 1.85 bits per heavy atom. The van der Waals surface area contributed by atoms with Crippen LogP contribution in [0.4, 0.5) is 23.2 Å². The second kappa shape index (κ2) is 6.32. The first-order chi connectivity index (χ1) is 12.1. The zero-order chi connectivity index (χ0) is 19.2. The van der Waals surface area contributed by atoms with Gasteiger partial charge in [-0.1, -0.05) is 17.2 Å². The maximum Gasteiger partial charge on any atom is 0.416 e. The fourth-order valence-corrected chi connectivity index (χ4v) is 2.89. The number of nitrogens with one attached hydrogen (secondary N) is 1. The lowest BCUT2D eigenvalue weighted by atomic mass is 10.0. The Morgan fingerprint density at radius 1 is 1.15 bits per heavy atom. The van der Waals surface area contributed by atoms with Crippen LogP contribution in [-0.4, -0.2) is 5.91 Å². The minimum Gasteiger partial charge on any atom is -0.453 e. The van der Waals surface area contributed by atoms with Crippen LogP contribution in [0.5, 0.6) is 11.5 Å². The molecule has 0 spiro atoms. The molecule has 0 unspecified atom stereocenters. The molecular formula is C18H12ClF4NO2. The first-order valence-corrected chi connectivity index (χ1v) is 7.83. The van der Waals surface area contributed by atoms with E-state index in [0.717, 1.165) is 5.57 Å². The highest BCUT2D eigenvalue weighted by Crippen LogP contribution is 2.41. The van der Waals surface area contributed by atoms with Gasteiger partial charge in [0.05, 0.1) is 10.6 Å². The summed E-state index contributed by atoms with van der Waals surface area (Å²) in [6.07, 6.45) is -4.72. The Bertz CT molecular complexity index is 924. The second-order valence-electron chi connectivity index (χ2n) is 5.91. The Labute approximate surface area is 151 Å². The molecule has 1 amide bonds. The van der Waals surface area contributed by atoms with Gasteiger partial charge in [0.2, 0.25) is 0 Å². The van der Waals surface area contributed by atoms with Crippen LogP contribution in [0.1, 0.15) is 25.0 Å². The first kappa shape index (κ1) is 18.3. The summed E-state index contributed by atoms with van der Waals surface area (Å²) in [6.45, 7) is 3.54. The predicted octanol–water partition coefficient (Wildman–Crippen LogP) is 6.04. The molecule has 0 saturated carbocycles. The fraction of sp³-hybridized carbons (Fsp3) is 0.167. The van der Waals surface area contributed by atoms with Gasteiger partial charge in [0, 0.05) is 16.8 Å². The summed E-state index contributed by atoms with van der Waals surface area (Å²) in [5.74, 6) is -1.88. The topological polar surface area (TPSA) is 38.3 Å². The molecule has 8 heteroatoms. The highest BCUT2D eigenvalue weighted by Gasteiger charge is 2.33.